The zero-order valence-electron chi connectivity index (χ0n) is 10.6. The number of rotatable bonds is 2. The number of piperazine rings is 1. The average molecular weight is 244 g/mol. The van der Waals surface area contributed by atoms with Crippen molar-refractivity contribution in [3.63, 3.8) is 0 Å². The third-order valence-electron chi connectivity index (χ3n) is 3.12. The maximum Gasteiger partial charge on any atom is 0.242 e. The van der Waals surface area contributed by atoms with Crippen molar-refractivity contribution in [3.8, 4) is 6.07 Å². The number of aryl methyl sites for hydroxylation is 1. The van der Waals surface area contributed by atoms with Gasteiger partial charge in [0.1, 0.15) is 17.9 Å². The lowest BCUT2D eigenvalue weighted by Gasteiger charge is -2.35. The van der Waals surface area contributed by atoms with E-state index in [0.717, 1.165) is 5.69 Å². The van der Waals surface area contributed by atoms with Crippen LogP contribution in [0.15, 0.2) is 12.1 Å². The maximum absolute atomic E-state index is 11.8. The monoisotopic (exact) mass is 244 g/mol. The van der Waals surface area contributed by atoms with Crippen LogP contribution in [0.2, 0.25) is 0 Å². The topological polar surface area (TPSA) is 69.0 Å². The standard InChI is InChI=1S/C13H16N4O/c1-3-11-13(18)15-6-7-17(11)12-10(8-14)5-4-9(2)16-12/h4-5,11H,3,6-7H2,1-2H3,(H,15,18). The molecule has 0 radical (unpaired) electrons. The van der Waals surface area contributed by atoms with Crippen LogP contribution in [0.25, 0.3) is 0 Å². The molecule has 18 heavy (non-hydrogen) atoms. The molecular weight excluding hydrogens is 228 g/mol. The number of amides is 1. The molecule has 1 atom stereocenters. The van der Waals surface area contributed by atoms with Crippen LogP contribution >= 0.6 is 0 Å². The molecule has 1 aliphatic heterocycles. The second kappa shape index (κ2) is 5.05. The zero-order valence-corrected chi connectivity index (χ0v) is 10.6. The van der Waals surface area contributed by atoms with E-state index in [1.165, 1.54) is 0 Å². The highest BCUT2D eigenvalue weighted by Crippen LogP contribution is 2.22. The lowest BCUT2D eigenvalue weighted by atomic mass is 10.1. The van der Waals surface area contributed by atoms with Crippen LogP contribution in [0.1, 0.15) is 24.6 Å². The number of nitriles is 1. The summed E-state index contributed by atoms with van der Waals surface area (Å²) in [6.45, 7) is 5.13. The van der Waals surface area contributed by atoms with Gasteiger partial charge in [0.2, 0.25) is 5.91 Å². The summed E-state index contributed by atoms with van der Waals surface area (Å²) < 4.78 is 0. The number of hydrogen-bond donors (Lipinski definition) is 1. The molecule has 1 aromatic heterocycles. The predicted molar refractivity (Wildman–Crippen MR) is 68.1 cm³/mol. The fourth-order valence-electron chi connectivity index (χ4n) is 2.22. The highest BCUT2D eigenvalue weighted by Gasteiger charge is 2.30. The number of nitrogens with zero attached hydrogens (tertiary/aromatic N) is 3. The molecule has 1 N–H and O–H groups in total. The maximum atomic E-state index is 11.8. The fourth-order valence-corrected chi connectivity index (χ4v) is 2.22. The summed E-state index contributed by atoms with van der Waals surface area (Å²) in [6.07, 6.45) is 0.701. The number of aromatic nitrogens is 1. The van der Waals surface area contributed by atoms with E-state index in [-0.39, 0.29) is 11.9 Å². The number of hydrogen-bond acceptors (Lipinski definition) is 4. The van der Waals surface area contributed by atoms with Crippen molar-refractivity contribution in [1.29, 1.82) is 5.26 Å². The Kier molecular flexibility index (Phi) is 3.47. The van der Waals surface area contributed by atoms with Gasteiger partial charge in [0.15, 0.2) is 0 Å². The first-order chi connectivity index (χ1) is 8.67. The molecule has 94 valence electrons. The van der Waals surface area contributed by atoms with E-state index in [4.69, 9.17) is 5.26 Å². The third-order valence-corrected chi connectivity index (χ3v) is 3.12. The Morgan fingerprint density at radius 3 is 3.06 bits per heavy atom. The van der Waals surface area contributed by atoms with Gasteiger partial charge < -0.3 is 10.2 Å². The minimum Gasteiger partial charge on any atom is -0.353 e. The molecule has 0 saturated carbocycles. The average Bonchev–Trinajstić information content (AvgIpc) is 2.38. The summed E-state index contributed by atoms with van der Waals surface area (Å²) in [5, 5.41) is 12.0. The quantitative estimate of drug-likeness (QED) is 0.842. The molecule has 5 heteroatoms. The van der Waals surface area contributed by atoms with Gasteiger partial charge in [-0.15, -0.1) is 0 Å². The minimum absolute atomic E-state index is 0.0101. The van der Waals surface area contributed by atoms with Gasteiger partial charge in [-0.2, -0.15) is 5.26 Å². The number of nitrogens with one attached hydrogen (secondary N) is 1. The van der Waals surface area contributed by atoms with Gasteiger partial charge in [0, 0.05) is 18.8 Å². The van der Waals surface area contributed by atoms with Crippen molar-refractivity contribution in [2.24, 2.45) is 0 Å². The van der Waals surface area contributed by atoms with Crippen LogP contribution in [0, 0.1) is 18.3 Å². The third kappa shape index (κ3) is 2.14. The van der Waals surface area contributed by atoms with Crippen molar-refractivity contribution in [3.05, 3.63) is 23.4 Å². The molecule has 0 bridgehead atoms. The van der Waals surface area contributed by atoms with E-state index in [2.05, 4.69) is 16.4 Å². The normalized spacial score (nSPS) is 19.3. The first-order valence-electron chi connectivity index (χ1n) is 6.09. The van der Waals surface area contributed by atoms with Crippen molar-refractivity contribution in [1.82, 2.24) is 10.3 Å². The Hall–Kier alpha value is -2.09. The van der Waals surface area contributed by atoms with E-state index in [9.17, 15) is 4.79 Å². The molecule has 0 spiro atoms. The molecule has 2 rings (SSSR count). The molecule has 5 nitrogen and oxygen atoms in total. The van der Waals surface area contributed by atoms with Gasteiger partial charge in [-0.3, -0.25) is 4.79 Å². The Morgan fingerprint density at radius 2 is 2.39 bits per heavy atom. The molecule has 1 fully saturated rings. The van der Waals surface area contributed by atoms with E-state index < -0.39 is 0 Å². The van der Waals surface area contributed by atoms with Gasteiger partial charge in [0.25, 0.3) is 0 Å². The molecule has 1 saturated heterocycles. The van der Waals surface area contributed by atoms with Gasteiger partial charge >= 0.3 is 0 Å². The summed E-state index contributed by atoms with van der Waals surface area (Å²) in [5.41, 5.74) is 1.37. The highest BCUT2D eigenvalue weighted by atomic mass is 16.2. The summed E-state index contributed by atoms with van der Waals surface area (Å²) in [7, 11) is 0. The van der Waals surface area contributed by atoms with Gasteiger partial charge in [-0.25, -0.2) is 4.98 Å². The molecule has 1 amide bonds. The number of pyridine rings is 1. The van der Waals surface area contributed by atoms with Crippen LogP contribution in [-0.2, 0) is 4.79 Å². The molecule has 1 unspecified atom stereocenters. The minimum atomic E-state index is -0.236. The summed E-state index contributed by atoms with van der Waals surface area (Å²) in [4.78, 5) is 18.2. The fraction of sp³-hybridized carbons (Fsp3) is 0.462. The van der Waals surface area contributed by atoms with Crippen LogP contribution in [-0.4, -0.2) is 30.0 Å². The first kappa shape index (κ1) is 12.4. The lowest BCUT2D eigenvalue weighted by Crippen LogP contribution is -2.55. The number of carbonyl (C=O) groups is 1. The van der Waals surface area contributed by atoms with E-state index in [1.54, 1.807) is 6.07 Å². The van der Waals surface area contributed by atoms with Gasteiger partial charge in [-0.05, 0) is 25.5 Å². The SMILES string of the molecule is CCC1C(=O)NCCN1c1nc(C)ccc1C#N. The van der Waals surface area contributed by atoms with Crippen LogP contribution < -0.4 is 10.2 Å². The molecule has 0 aliphatic carbocycles. The largest absolute Gasteiger partial charge is 0.353 e. The number of carbonyl (C=O) groups excluding carboxylic acids is 1. The van der Waals surface area contributed by atoms with Crippen molar-refractivity contribution < 1.29 is 4.79 Å². The van der Waals surface area contributed by atoms with Crippen LogP contribution in [0.4, 0.5) is 5.82 Å². The molecule has 1 aliphatic rings. The van der Waals surface area contributed by atoms with Crippen LogP contribution in [0.5, 0.6) is 0 Å². The van der Waals surface area contributed by atoms with Crippen molar-refractivity contribution >= 4 is 11.7 Å². The summed E-state index contributed by atoms with van der Waals surface area (Å²) in [6, 6.07) is 5.48. The zero-order chi connectivity index (χ0) is 13.1. The highest BCUT2D eigenvalue weighted by molar-refractivity contribution is 5.86. The second-order valence-corrected chi connectivity index (χ2v) is 4.34. The Balaban J connectivity index is 2.43. The molecule has 2 heterocycles. The smallest absolute Gasteiger partial charge is 0.242 e. The molecule has 1 aromatic rings. The van der Waals surface area contributed by atoms with E-state index in [1.807, 2.05) is 24.8 Å². The first-order valence-corrected chi connectivity index (χ1v) is 6.09. The van der Waals surface area contributed by atoms with Crippen molar-refractivity contribution in [2.45, 2.75) is 26.3 Å². The Bertz CT molecular complexity index is 506. The summed E-state index contributed by atoms with van der Waals surface area (Å²) >= 11 is 0. The van der Waals surface area contributed by atoms with Gasteiger partial charge in [-0.1, -0.05) is 6.92 Å². The summed E-state index contributed by atoms with van der Waals surface area (Å²) in [5.74, 6) is 0.634. The lowest BCUT2D eigenvalue weighted by molar-refractivity contribution is -0.123. The predicted octanol–water partition coefficient (Wildman–Crippen LogP) is 0.976. The van der Waals surface area contributed by atoms with E-state index >= 15 is 0 Å². The Morgan fingerprint density at radius 1 is 1.61 bits per heavy atom. The molecule has 0 aromatic carbocycles. The van der Waals surface area contributed by atoms with Crippen molar-refractivity contribution in [2.75, 3.05) is 18.0 Å². The van der Waals surface area contributed by atoms with E-state index in [0.29, 0.717) is 30.9 Å². The number of anilines is 1. The molecular formula is C13H16N4O. The second-order valence-electron chi connectivity index (χ2n) is 4.34. The van der Waals surface area contributed by atoms with Crippen LogP contribution in [0.3, 0.4) is 0 Å². The van der Waals surface area contributed by atoms with Gasteiger partial charge in [0.05, 0.1) is 5.56 Å². The Labute approximate surface area is 106 Å².